The third-order valence-electron chi connectivity index (χ3n) is 4.44. The van der Waals surface area contributed by atoms with E-state index in [1.165, 1.54) is 4.90 Å². The van der Waals surface area contributed by atoms with Gasteiger partial charge in [-0.1, -0.05) is 0 Å². The van der Waals surface area contributed by atoms with Gasteiger partial charge in [0.05, 0.1) is 6.04 Å². The topological polar surface area (TPSA) is 68.1 Å². The number of aryl methyl sites for hydroxylation is 1. The number of ether oxygens (including phenoxy) is 1. The van der Waals surface area contributed by atoms with Crippen molar-refractivity contribution in [2.45, 2.75) is 44.6 Å². The summed E-state index contributed by atoms with van der Waals surface area (Å²) in [5.74, 6) is 0.862. The van der Waals surface area contributed by atoms with E-state index in [1.807, 2.05) is 17.7 Å². The second-order valence-corrected chi connectivity index (χ2v) is 6.58. The zero-order valence-corrected chi connectivity index (χ0v) is 15.5. The van der Waals surface area contributed by atoms with Crippen LogP contribution in [-0.2, 0) is 17.5 Å². The van der Waals surface area contributed by atoms with Crippen molar-refractivity contribution in [3.63, 3.8) is 0 Å². The van der Waals surface area contributed by atoms with Crippen molar-refractivity contribution in [3.8, 4) is 0 Å². The molecule has 0 spiro atoms. The fourth-order valence-corrected chi connectivity index (χ4v) is 3.07. The molecule has 1 saturated heterocycles. The summed E-state index contributed by atoms with van der Waals surface area (Å²) in [5, 5.41) is 3.05. The van der Waals surface area contributed by atoms with Gasteiger partial charge in [-0.2, -0.15) is 18.2 Å². The highest BCUT2D eigenvalue weighted by Crippen LogP contribution is 2.32. The van der Waals surface area contributed by atoms with Crippen LogP contribution in [0.15, 0.2) is 18.5 Å². The molecule has 148 valence electrons. The smallest absolute Gasteiger partial charge is 0.368 e. The van der Waals surface area contributed by atoms with E-state index in [-0.39, 0.29) is 23.9 Å². The Bertz CT molecular complexity index is 776. The van der Waals surface area contributed by atoms with Crippen molar-refractivity contribution in [2.24, 2.45) is 0 Å². The van der Waals surface area contributed by atoms with Gasteiger partial charge in [0.15, 0.2) is 5.69 Å². The fourth-order valence-electron chi connectivity index (χ4n) is 3.07. The van der Waals surface area contributed by atoms with E-state index in [0.717, 1.165) is 31.3 Å². The number of anilines is 2. The number of imidazole rings is 1. The zero-order chi connectivity index (χ0) is 19.6. The van der Waals surface area contributed by atoms with E-state index >= 15 is 0 Å². The fraction of sp³-hybridized carbons (Fsp3) is 0.588. The molecule has 7 nitrogen and oxygen atoms in total. The van der Waals surface area contributed by atoms with Crippen molar-refractivity contribution in [1.29, 1.82) is 0 Å². The first-order chi connectivity index (χ1) is 12.8. The Hall–Kier alpha value is -2.36. The molecule has 0 amide bonds. The number of hydrogen-bond acceptors (Lipinski definition) is 6. The molecule has 0 saturated carbocycles. The number of hydrogen-bond donors (Lipinski definition) is 1. The van der Waals surface area contributed by atoms with Gasteiger partial charge in [0, 0.05) is 45.7 Å². The summed E-state index contributed by atoms with van der Waals surface area (Å²) in [5.41, 5.74) is -0.980. The molecule has 1 aliphatic heterocycles. The quantitative estimate of drug-likeness (QED) is 0.854. The third kappa shape index (κ3) is 4.32. The van der Waals surface area contributed by atoms with Crippen LogP contribution in [0, 0.1) is 0 Å². The number of nitrogens with one attached hydrogen (secondary N) is 1. The molecule has 2 atom stereocenters. The third-order valence-corrected chi connectivity index (χ3v) is 4.44. The summed E-state index contributed by atoms with van der Waals surface area (Å²) in [4.78, 5) is 13.8. The predicted octanol–water partition coefficient (Wildman–Crippen LogP) is 3.11. The summed E-state index contributed by atoms with van der Waals surface area (Å²) in [6.45, 7) is 3.30. The average Bonchev–Trinajstić information content (AvgIpc) is 3.09. The number of halogens is 3. The van der Waals surface area contributed by atoms with Crippen LogP contribution in [0.5, 0.6) is 0 Å². The second kappa shape index (κ2) is 7.71. The largest absolute Gasteiger partial charge is 0.433 e. The van der Waals surface area contributed by atoms with Crippen molar-refractivity contribution in [1.82, 2.24) is 19.5 Å². The molecule has 10 heteroatoms. The molecule has 1 N–H and O–H groups in total. The highest BCUT2D eigenvalue weighted by molar-refractivity contribution is 5.45. The molecule has 2 aromatic heterocycles. The standard InChI is InChI=1S/C17H23F3N6O/c1-4-26-8-7-21-15(26)14-11(6-5-9-27-14)22-16-23-12(17(18,19)20)10-13(24-16)25(2)3/h7-8,10-11,14H,4-6,9H2,1-3H3,(H,22,23,24)/t11-,14-/m0/s1. The zero-order valence-electron chi connectivity index (χ0n) is 15.5. The molecule has 0 radical (unpaired) electrons. The Morgan fingerprint density at radius 2 is 2.11 bits per heavy atom. The van der Waals surface area contributed by atoms with Crippen LogP contribution in [0.2, 0.25) is 0 Å². The van der Waals surface area contributed by atoms with Gasteiger partial charge in [-0.3, -0.25) is 0 Å². The molecule has 3 rings (SSSR count). The Balaban J connectivity index is 1.91. The summed E-state index contributed by atoms with van der Waals surface area (Å²) >= 11 is 0. The van der Waals surface area contributed by atoms with E-state index in [0.29, 0.717) is 6.61 Å². The summed E-state index contributed by atoms with van der Waals surface area (Å²) in [6, 6.07) is 0.661. The number of rotatable bonds is 5. The second-order valence-electron chi connectivity index (χ2n) is 6.58. The molecule has 2 aromatic rings. The minimum absolute atomic E-state index is 0.0661. The van der Waals surface area contributed by atoms with E-state index in [4.69, 9.17) is 4.74 Å². The van der Waals surface area contributed by atoms with Gasteiger partial charge in [0.25, 0.3) is 0 Å². The first kappa shape index (κ1) is 19.4. The lowest BCUT2D eigenvalue weighted by Crippen LogP contribution is -2.36. The van der Waals surface area contributed by atoms with Gasteiger partial charge in [-0.05, 0) is 19.8 Å². The van der Waals surface area contributed by atoms with Crippen LogP contribution in [0.1, 0.15) is 37.4 Å². The van der Waals surface area contributed by atoms with Crippen LogP contribution >= 0.6 is 0 Å². The van der Waals surface area contributed by atoms with Gasteiger partial charge in [-0.15, -0.1) is 0 Å². The normalized spacial score (nSPS) is 20.5. The van der Waals surface area contributed by atoms with Crippen LogP contribution < -0.4 is 10.2 Å². The van der Waals surface area contributed by atoms with Crippen molar-refractivity contribution in [3.05, 3.63) is 30.0 Å². The van der Waals surface area contributed by atoms with Crippen LogP contribution in [-0.4, -0.2) is 46.3 Å². The monoisotopic (exact) mass is 384 g/mol. The lowest BCUT2D eigenvalue weighted by Gasteiger charge is -2.32. The first-order valence-electron chi connectivity index (χ1n) is 8.82. The summed E-state index contributed by atoms with van der Waals surface area (Å²) in [7, 11) is 3.27. The maximum absolute atomic E-state index is 13.2. The van der Waals surface area contributed by atoms with Crippen molar-refractivity contribution in [2.75, 3.05) is 30.9 Å². The van der Waals surface area contributed by atoms with E-state index in [2.05, 4.69) is 20.3 Å². The van der Waals surface area contributed by atoms with Crippen LogP contribution in [0.4, 0.5) is 24.9 Å². The molecule has 0 aliphatic carbocycles. The van der Waals surface area contributed by atoms with Gasteiger partial charge in [-0.25, -0.2) is 9.97 Å². The minimum atomic E-state index is -4.55. The lowest BCUT2D eigenvalue weighted by atomic mass is 10.0. The van der Waals surface area contributed by atoms with Gasteiger partial charge in [0.2, 0.25) is 5.95 Å². The van der Waals surface area contributed by atoms with E-state index < -0.39 is 11.9 Å². The lowest BCUT2D eigenvalue weighted by molar-refractivity contribution is -0.141. The Morgan fingerprint density at radius 1 is 1.33 bits per heavy atom. The molecule has 0 unspecified atom stereocenters. The van der Waals surface area contributed by atoms with E-state index in [1.54, 1.807) is 20.3 Å². The van der Waals surface area contributed by atoms with Gasteiger partial charge in [0.1, 0.15) is 17.7 Å². The first-order valence-corrected chi connectivity index (χ1v) is 8.82. The van der Waals surface area contributed by atoms with Crippen molar-refractivity contribution >= 4 is 11.8 Å². The maximum atomic E-state index is 13.2. The van der Waals surface area contributed by atoms with Crippen LogP contribution in [0.3, 0.4) is 0 Å². The molecule has 1 fully saturated rings. The number of nitrogens with zero attached hydrogens (tertiary/aromatic N) is 5. The Labute approximate surface area is 155 Å². The van der Waals surface area contributed by atoms with E-state index in [9.17, 15) is 13.2 Å². The van der Waals surface area contributed by atoms with Gasteiger partial charge >= 0.3 is 6.18 Å². The molecule has 0 aromatic carbocycles. The predicted molar refractivity (Wildman–Crippen MR) is 94.6 cm³/mol. The highest BCUT2D eigenvalue weighted by atomic mass is 19.4. The minimum Gasteiger partial charge on any atom is -0.368 e. The summed E-state index contributed by atoms with van der Waals surface area (Å²) < 4.78 is 47.5. The molecule has 1 aliphatic rings. The Kier molecular flexibility index (Phi) is 5.54. The maximum Gasteiger partial charge on any atom is 0.433 e. The molecular weight excluding hydrogens is 361 g/mol. The molecule has 3 heterocycles. The highest BCUT2D eigenvalue weighted by Gasteiger charge is 2.35. The van der Waals surface area contributed by atoms with Gasteiger partial charge < -0.3 is 19.5 Å². The molecule has 27 heavy (non-hydrogen) atoms. The average molecular weight is 384 g/mol. The number of aromatic nitrogens is 4. The Morgan fingerprint density at radius 3 is 2.78 bits per heavy atom. The molecular formula is C17H23F3N6O. The number of alkyl halides is 3. The summed E-state index contributed by atoms with van der Waals surface area (Å²) in [6.07, 6.45) is 0.132. The molecule has 0 bridgehead atoms. The van der Waals surface area contributed by atoms with Crippen molar-refractivity contribution < 1.29 is 17.9 Å². The SMILES string of the molecule is CCn1ccnc1[C@H]1OCCC[C@@H]1Nc1nc(N(C)C)cc(C(F)(F)F)n1. The van der Waals surface area contributed by atoms with Crippen LogP contribution in [0.25, 0.3) is 0 Å².